The molecule has 1 N–H and O–H groups in total. The van der Waals surface area contributed by atoms with Crippen molar-refractivity contribution >= 4 is 18.1 Å². The maximum atomic E-state index is 10.4. The lowest BCUT2D eigenvalue weighted by Gasteiger charge is -2.03. The summed E-state index contributed by atoms with van der Waals surface area (Å²) >= 11 is 0. The molecular weight excluding hydrogens is 236 g/mol. The number of carboxylic acids is 1. The Labute approximate surface area is 112 Å². The van der Waals surface area contributed by atoms with Gasteiger partial charge in [0, 0.05) is 6.08 Å². The minimum absolute atomic E-state index is 0.869. The Hall–Kier alpha value is -2.61. The molecule has 0 saturated heterocycles. The molecule has 0 radical (unpaired) electrons. The summed E-state index contributed by atoms with van der Waals surface area (Å²) in [6.45, 7) is 3.72. The highest BCUT2D eigenvalue weighted by Gasteiger charge is 1.97. The average Bonchev–Trinajstić information content (AvgIpc) is 2.46. The molecule has 2 nitrogen and oxygen atoms in total. The highest BCUT2D eigenvalue weighted by molar-refractivity contribution is 5.85. The van der Waals surface area contributed by atoms with Crippen molar-refractivity contribution in [1.29, 1.82) is 0 Å². The molecule has 0 fully saturated rings. The smallest absolute Gasteiger partial charge is 0.328 e. The molecule has 2 heteroatoms. The predicted molar refractivity (Wildman–Crippen MR) is 78.6 cm³/mol. The third-order valence-electron chi connectivity index (χ3n) is 2.81. The Morgan fingerprint density at radius 1 is 0.895 bits per heavy atom. The van der Waals surface area contributed by atoms with Crippen LogP contribution in [0, 0.1) is 0 Å². The van der Waals surface area contributed by atoms with Crippen LogP contribution in [-0.4, -0.2) is 11.1 Å². The van der Waals surface area contributed by atoms with Gasteiger partial charge >= 0.3 is 5.97 Å². The standard InChI is InChI=1S/C17H14O2/c1-2-13-3-8-15(9-4-13)16-10-5-14(6-11-16)7-12-17(18)19/h2-12H,1H2,(H,18,19). The zero-order chi connectivity index (χ0) is 13.7. The molecule has 0 aliphatic heterocycles. The zero-order valence-corrected chi connectivity index (χ0v) is 10.4. The molecule has 0 atom stereocenters. The molecule has 0 aliphatic rings. The molecule has 0 amide bonds. The van der Waals surface area contributed by atoms with Crippen LogP contribution >= 0.6 is 0 Å². The van der Waals surface area contributed by atoms with Gasteiger partial charge in [-0.2, -0.15) is 0 Å². The van der Waals surface area contributed by atoms with Gasteiger partial charge in [-0.05, 0) is 28.3 Å². The van der Waals surface area contributed by atoms with Crippen LogP contribution in [0.5, 0.6) is 0 Å². The fourth-order valence-corrected chi connectivity index (χ4v) is 1.77. The van der Waals surface area contributed by atoms with E-state index >= 15 is 0 Å². The van der Waals surface area contributed by atoms with Crippen molar-refractivity contribution in [2.75, 3.05) is 0 Å². The van der Waals surface area contributed by atoms with Crippen molar-refractivity contribution in [3.05, 3.63) is 72.3 Å². The number of rotatable bonds is 4. The molecule has 19 heavy (non-hydrogen) atoms. The molecule has 0 bridgehead atoms. The van der Waals surface area contributed by atoms with Crippen molar-refractivity contribution in [2.45, 2.75) is 0 Å². The molecule has 0 heterocycles. The second-order valence-corrected chi connectivity index (χ2v) is 4.12. The third kappa shape index (κ3) is 3.42. The summed E-state index contributed by atoms with van der Waals surface area (Å²) in [5.74, 6) is -0.941. The van der Waals surface area contributed by atoms with Crippen molar-refractivity contribution in [2.24, 2.45) is 0 Å². The zero-order valence-electron chi connectivity index (χ0n) is 10.4. The summed E-state index contributed by atoms with van der Waals surface area (Å²) in [7, 11) is 0. The normalized spacial score (nSPS) is 10.5. The lowest BCUT2D eigenvalue weighted by molar-refractivity contribution is -0.131. The highest BCUT2D eigenvalue weighted by Crippen LogP contribution is 2.21. The van der Waals surface area contributed by atoms with E-state index in [2.05, 4.69) is 6.58 Å². The first-order chi connectivity index (χ1) is 9.19. The van der Waals surface area contributed by atoms with Gasteiger partial charge in [-0.15, -0.1) is 0 Å². The van der Waals surface area contributed by atoms with Gasteiger partial charge < -0.3 is 5.11 Å². The minimum Gasteiger partial charge on any atom is -0.478 e. The first-order valence-corrected chi connectivity index (χ1v) is 5.93. The lowest BCUT2D eigenvalue weighted by Crippen LogP contribution is -1.85. The van der Waals surface area contributed by atoms with Gasteiger partial charge in [0.05, 0.1) is 0 Å². The molecule has 2 rings (SSSR count). The van der Waals surface area contributed by atoms with Crippen molar-refractivity contribution in [3.63, 3.8) is 0 Å². The average molecular weight is 250 g/mol. The molecule has 94 valence electrons. The van der Waals surface area contributed by atoms with Crippen LogP contribution in [0.2, 0.25) is 0 Å². The summed E-state index contributed by atoms with van der Waals surface area (Å²) < 4.78 is 0. The van der Waals surface area contributed by atoms with Gasteiger partial charge in [-0.25, -0.2) is 4.79 Å². The highest BCUT2D eigenvalue weighted by atomic mass is 16.4. The molecule has 2 aromatic rings. The molecule has 0 unspecified atom stereocenters. The summed E-state index contributed by atoms with van der Waals surface area (Å²) in [6.07, 6.45) is 4.52. The number of hydrogen-bond donors (Lipinski definition) is 1. The largest absolute Gasteiger partial charge is 0.478 e. The Kier molecular flexibility index (Phi) is 3.94. The number of carbonyl (C=O) groups is 1. The Morgan fingerprint density at radius 2 is 1.37 bits per heavy atom. The topological polar surface area (TPSA) is 37.3 Å². The van der Waals surface area contributed by atoms with Crippen LogP contribution in [0.3, 0.4) is 0 Å². The number of aliphatic carboxylic acids is 1. The van der Waals surface area contributed by atoms with Crippen molar-refractivity contribution < 1.29 is 9.90 Å². The van der Waals surface area contributed by atoms with Crippen LogP contribution in [0.25, 0.3) is 23.3 Å². The fraction of sp³-hybridized carbons (Fsp3) is 0. The predicted octanol–water partition coefficient (Wildman–Crippen LogP) is 4.09. The maximum Gasteiger partial charge on any atom is 0.328 e. The third-order valence-corrected chi connectivity index (χ3v) is 2.81. The van der Waals surface area contributed by atoms with Gasteiger partial charge in [0.15, 0.2) is 0 Å². The summed E-state index contributed by atoms with van der Waals surface area (Å²) in [4.78, 5) is 10.4. The van der Waals surface area contributed by atoms with Gasteiger partial charge in [-0.3, -0.25) is 0 Å². The lowest BCUT2D eigenvalue weighted by atomic mass is 10.0. The Bertz CT molecular complexity index is 605. The molecule has 0 aromatic heterocycles. The van der Waals surface area contributed by atoms with Crippen molar-refractivity contribution in [3.8, 4) is 11.1 Å². The van der Waals surface area contributed by atoms with E-state index in [1.54, 1.807) is 6.08 Å². The monoisotopic (exact) mass is 250 g/mol. The second-order valence-electron chi connectivity index (χ2n) is 4.12. The molecular formula is C17H14O2. The van der Waals surface area contributed by atoms with Gasteiger partial charge in [0.1, 0.15) is 0 Å². The Morgan fingerprint density at radius 3 is 1.79 bits per heavy atom. The van der Waals surface area contributed by atoms with Crippen molar-refractivity contribution in [1.82, 2.24) is 0 Å². The van der Waals surface area contributed by atoms with Crippen LogP contribution in [0.4, 0.5) is 0 Å². The van der Waals surface area contributed by atoms with Gasteiger partial charge in [0.2, 0.25) is 0 Å². The number of carboxylic acid groups (broad SMARTS) is 1. The van der Waals surface area contributed by atoms with E-state index in [9.17, 15) is 4.79 Å². The van der Waals surface area contributed by atoms with Crippen LogP contribution in [-0.2, 0) is 4.79 Å². The van der Waals surface area contributed by atoms with E-state index in [-0.39, 0.29) is 0 Å². The Balaban J connectivity index is 2.21. The van der Waals surface area contributed by atoms with Gasteiger partial charge in [0.25, 0.3) is 0 Å². The van der Waals surface area contributed by atoms with E-state index in [0.717, 1.165) is 28.3 Å². The first-order valence-electron chi connectivity index (χ1n) is 5.93. The molecule has 0 spiro atoms. The van der Waals surface area contributed by atoms with E-state index in [0.29, 0.717) is 0 Å². The molecule has 2 aromatic carbocycles. The van der Waals surface area contributed by atoms with E-state index < -0.39 is 5.97 Å². The van der Waals surface area contributed by atoms with E-state index in [1.165, 1.54) is 0 Å². The van der Waals surface area contributed by atoms with Crippen LogP contribution in [0.15, 0.2) is 61.2 Å². The summed E-state index contributed by atoms with van der Waals surface area (Å²) in [5.41, 5.74) is 4.18. The molecule has 0 aliphatic carbocycles. The SMILES string of the molecule is C=Cc1ccc(-c2ccc(C=CC(=O)O)cc2)cc1. The minimum atomic E-state index is -0.941. The first kappa shape index (κ1) is 12.8. The van der Waals surface area contributed by atoms with Crippen LogP contribution < -0.4 is 0 Å². The summed E-state index contributed by atoms with van der Waals surface area (Å²) in [6, 6.07) is 15.9. The fourth-order valence-electron chi connectivity index (χ4n) is 1.77. The molecule has 0 saturated carbocycles. The van der Waals surface area contributed by atoms with Crippen LogP contribution in [0.1, 0.15) is 11.1 Å². The van der Waals surface area contributed by atoms with E-state index in [1.807, 2.05) is 54.6 Å². The quantitative estimate of drug-likeness (QED) is 0.830. The van der Waals surface area contributed by atoms with Gasteiger partial charge in [-0.1, -0.05) is 61.2 Å². The second kappa shape index (κ2) is 5.83. The number of benzene rings is 2. The number of hydrogen-bond acceptors (Lipinski definition) is 1. The summed E-state index contributed by atoms with van der Waals surface area (Å²) in [5, 5.41) is 8.56. The van der Waals surface area contributed by atoms with E-state index in [4.69, 9.17) is 5.11 Å². The maximum absolute atomic E-state index is 10.4.